The Morgan fingerprint density at radius 1 is 1.45 bits per heavy atom. The minimum atomic E-state index is -0.627. The van der Waals surface area contributed by atoms with Crippen LogP contribution in [0.3, 0.4) is 0 Å². The summed E-state index contributed by atoms with van der Waals surface area (Å²) in [7, 11) is 0. The van der Waals surface area contributed by atoms with E-state index in [4.69, 9.17) is 4.74 Å². The van der Waals surface area contributed by atoms with Gasteiger partial charge in [0.15, 0.2) is 5.16 Å². The highest BCUT2D eigenvalue weighted by molar-refractivity contribution is 7.99. The Labute approximate surface area is 173 Å². The van der Waals surface area contributed by atoms with Crippen LogP contribution < -0.4 is 10.9 Å². The fraction of sp³-hybridized carbons (Fsp3) is 0.333. The summed E-state index contributed by atoms with van der Waals surface area (Å²) < 4.78 is 5.28. The fourth-order valence-electron chi connectivity index (χ4n) is 3.11. The van der Waals surface area contributed by atoms with Crippen LogP contribution in [0.4, 0.5) is 5.82 Å². The van der Waals surface area contributed by atoms with Crippen LogP contribution >= 0.6 is 11.8 Å². The van der Waals surface area contributed by atoms with E-state index in [0.717, 1.165) is 11.3 Å². The van der Waals surface area contributed by atoms with Crippen molar-refractivity contribution >= 4 is 23.5 Å². The minimum absolute atomic E-state index is 0.0849. The van der Waals surface area contributed by atoms with E-state index in [-0.39, 0.29) is 12.2 Å². The summed E-state index contributed by atoms with van der Waals surface area (Å²) in [5.41, 5.74) is 1.77. The quantitative estimate of drug-likeness (QED) is 0.311. The molecule has 2 aromatic heterocycles. The third kappa shape index (κ3) is 4.59. The van der Waals surface area contributed by atoms with E-state index in [0.29, 0.717) is 33.7 Å². The first kappa shape index (κ1) is 20.9. The predicted molar refractivity (Wildman–Crippen MR) is 114 cm³/mol. The third-order valence-corrected chi connectivity index (χ3v) is 5.64. The molecule has 0 spiro atoms. The van der Waals surface area contributed by atoms with E-state index >= 15 is 0 Å². The van der Waals surface area contributed by atoms with Crippen molar-refractivity contribution in [1.29, 1.82) is 0 Å². The number of esters is 1. The topological polar surface area (TPSA) is 97.0 Å². The van der Waals surface area contributed by atoms with Crippen molar-refractivity contribution in [2.24, 2.45) is 5.92 Å². The molecule has 0 fully saturated rings. The molecule has 0 amide bonds. The number of thioether (sulfide) groups is 1. The highest BCUT2D eigenvalue weighted by Gasteiger charge is 2.36. The molecule has 0 aromatic carbocycles. The average molecular weight is 413 g/mol. The molecule has 0 saturated heterocycles. The van der Waals surface area contributed by atoms with Crippen molar-refractivity contribution in [2.45, 2.75) is 31.8 Å². The van der Waals surface area contributed by atoms with Gasteiger partial charge in [-0.2, -0.15) is 0 Å². The summed E-state index contributed by atoms with van der Waals surface area (Å²) in [5, 5.41) is 3.67. The summed E-state index contributed by atoms with van der Waals surface area (Å²) in [6.45, 7) is 9.65. The van der Waals surface area contributed by atoms with Gasteiger partial charge in [0.25, 0.3) is 5.56 Å². The van der Waals surface area contributed by atoms with Crippen molar-refractivity contribution < 1.29 is 9.53 Å². The molecule has 29 heavy (non-hydrogen) atoms. The summed E-state index contributed by atoms with van der Waals surface area (Å²) >= 11 is 1.49. The summed E-state index contributed by atoms with van der Waals surface area (Å²) in [6.07, 6.45) is 4.80. The predicted octanol–water partition coefficient (Wildman–Crippen LogP) is 3.47. The molecule has 0 saturated carbocycles. The summed E-state index contributed by atoms with van der Waals surface area (Å²) in [5.74, 6) is 0.614. The second kappa shape index (κ2) is 9.09. The van der Waals surface area contributed by atoms with Crippen molar-refractivity contribution in [2.75, 3.05) is 17.7 Å². The Morgan fingerprint density at radius 3 is 2.90 bits per heavy atom. The number of allylic oxidation sites excluding steroid dienone is 1. The molecule has 0 unspecified atom stereocenters. The number of H-pyrrole nitrogens is 1. The molecule has 8 heteroatoms. The van der Waals surface area contributed by atoms with Gasteiger partial charge in [0.05, 0.1) is 17.1 Å². The van der Waals surface area contributed by atoms with E-state index in [1.165, 1.54) is 17.8 Å². The molecule has 1 atom stereocenters. The monoisotopic (exact) mass is 412 g/mol. The molecular weight excluding hydrogens is 388 g/mol. The van der Waals surface area contributed by atoms with Gasteiger partial charge in [-0.05, 0) is 24.5 Å². The molecular formula is C21H24N4O3S. The zero-order valence-electron chi connectivity index (χ0n) is 16.7. The number of hydrogen-bond acceptors (Lipinski definition) is 7. The van der Waals surface area contributed by atoms with E-state index in [9.17, 15) is 9.59 Å². The van der Waals surface area contributed by atoms with Crippen LogP contribution in [0.15, 0.2) is 58.4 Å². The molecule has 2 aromatic rings. The second-order valence-electron chi connectivity index (χ2n) is 7.11. The van der Waals surface area contributed by atoms with Crippen molar-refractivity contribution in [3.8, 4) is 0 Å². The van der Waals surface area contributed by atoms with Gasteiger partial charge >= 0.3 is 5.97 Å². The first-order valence-electron chi connectivity index (χ1n) is 9.35. The highest BCUT2D eigenvalue weighted by atomic mass is 32.2. The minimum Gasteiger partial charge on any atom is -0.458 e. The average Bonchev–Trinajstić information content (AvgIpc) is 2.70. The van der Waals surface area contributed by atoms with Crippen LogP contribution in [-0.2, 0) is 9.53 Å². The van der Waals surface area contributed by atoms with Crippen LogP contribution in [0.2, 0.25) is 0 Å². The van der Waals surface area contributed by atoms with Gasteiger partial charge < -0.3 is 15.0 Å². The molecule has 1 aliphatic heterocycles. The smallest absolute Gasteiger partial charge is 0.337 e. The number of hydrogen-bond donors (Lipinski definition) is 2. The van der Waals surface area contributed by atoms with Gasteiger partial charge in [-0.15, -0.1) is 0 Å². The molecule has 2 N–H and O–H groups in total. The maximum Gasteiger partial charge on any atom is 0.337 e. The number of ether oxygens (including phenoxy) is 1. The van der Waals surface area contributed by atoms with Gasteiger partial charge in [-0.25, -0.2) is 9.78 Å². The fourth-order valence-corrected chi connectivity index (χ4v) is 3.92. The Kier molecular flexibility index (Phi) is 6.53. The van der Waals surface area contributed by atoms with Crippen LogP contribution in [0, 0.1) is 5.92 Å². The van der Waals surface area contributed by atoms with Gasteiger partial charge in [0.2, 0.25) is 0 Å². The summed E-state index contributed by atoms with van der Waals surface area (Å²) in [6, 6.07) is 3.61. The first-order valence-corrected chi connectivity index (χ1v) is 10.3. The zero-order chi connectivity index (χ0) is 21.0. The van der Waals surface area contributed by atoms with Crippen molar-refractivity contribution in [3.05, 3.63) is 69.9 Å². The number of nitrogens with one attached hydrogen (secondary N) is 2. The van der Waals surface area contributed by atoms with E-state index < -0.39 is 11.9 Å². The number of pyridine rings is 1. The molecule has 3 rings (SSSR count). The molecule has 1 aliphatic rings. The number of anilines is 1. The molecule has 7 nitrogen and oxygen atoms in total. The normalized spacial score (nSPS) is 15.7. The third-order valence-electron chi connectivity index (χ3n) is 4.34. The Bertz CT molecular complexity index is 999. The number of aromatic amines is 1. The van der Waals surface area contributed by atoms with E-state index in [2.05, 4.69) is 40.7 Å². The van der Waals surface area contributed by atoms with Crippen LogP contribution in [0.25, 0.3) is 0 Å². The Hall–Kier alpha value is -2.87. The van der Waals surface area contributed by atoms with Crippen molar-refractivity contribution in [3.63, 3.8) is 0 Å². The molecule has 0 bridgehead atoms. The maximum atomic E-state index is 13.0. The Balaban J connectivity index is 2.12. The van der Waals surface area contributed by atoms with E-state index in [1.54, 1.807) is 25.4 Å². The first-order chi connectivity index (χ1) is 13.9. The summed E-state index contributed by atoms with van der Waals surface area (Å²) in [4.78, 5) is 37.4. The van der Waals surface area contributed by atoms with E-state index in [1.807, 2.05) is 6.07 Å². The Morgan fingerprint density at radius 2 is 2.24 bits per heavy atom. The standard InChI is InChI=1S/C21H24N4O3S/c1-5-9-28-20(27)15-13(4)23-18-17(16(15)14-7-6-8-22-10-14)19(26)25-21(24-18)29-11-12(2)3/h5-8,10,12,16H,1,9,11H2,2-4H3,(H2,23,24,25,26)/t16-/m1/s1. The molecule has 0 radical (unpaired) electrons. The number of carbonyl (C=O) groups excluding carboxylic acids is 1. The SMILES string of the molecule is C=CCOC(=O)C1=C(C)Nc2nc(SCC(C)C)[nH]c(=O)c2[C@@H]1c1cccnc1. The lowest BCUT2D eigenvalue weighted by Gasteiger charge is -2.28. The van der Waals surface area contributed by atoms with Gasteiger partial charge in [-0.1, -0.05) is 44.3 Å². The number of aromatic nitrogens is 3. The molecule has 152 valence electrons. The van der Waals surface area contributed by atoms with Gasteiger partial charge in [0, 0.05) is 23.8 Å². The molecule has 0 aliphatic carbocycles. The van der Waals surface area contributed by atoms with Gasteiger partial charge in [0.1, 0.15) is 12.4 Å². The zero-order valence-corrected chi connectivity index (χ0v) is 17.5. The molecule has 3 heterocycles. The lowest BCUT2D eigenvalue weighted by Crippen LogP contribution is -2.31. The van der Waals surface area contributed by atoms with Crippen LogP contribution in [0.1, 0.15) is 37.8 Å². The van der Waals surface area contributed by atoms with Gasteiger partial charge in [-0.3, -0.25) is 9.78 Å². The highest BCUT2D eigenvalue weighted by Crippen LogP contribution is 2.39. The van der Waals surface area contributed by atoms with Crippen LogP contribution in [-0.4, -0.2) is 33.3 Å². The largest absolute Gasteiger partial charge is 0.458 e. The number of carbonyl (C=O) groups is 1. The lowest BCUT2D eigenvalue weighted by molar-refractivity contribution is -0.138. The maximum absolute atomic E-state index is 13.0. The number of rotatable bonds is 7. The van der Waals surface area contributed by atoms with Crippen molar-refractivity contribution in [1.82, 2.24) is 15.0 Å². The number of nitrogens with zero attached hydrogens (tertiary/aromatic N) is 2. The second-order valence-corrected chi connectivity index (χ2v) is 8.12. The number of fused-ring (bicyclic) bond motifs is 1. The lowest BCUT2D eigenvalue weighted by atomic mass is 9.83. The van der Waals surface area contributed by atoms with Crippen LogP contribution in [0.5, 0.6) is 0 Å².